The summed E-state index contributed by atoms with van der Waals surface area (Å²) in [6.07, 6.45) is 1.71. The van der Waals surface area contributed by atoms with Gasteiger partial charge in [0, 0.05) is 38.9 Å². The Balaban J connectivity index is 1.53. The number of aromatic nitrogens is 1. The number of benzene rings is 1. The first-order chi connectivity index (χ1) is 12.9. The van der Waals surface area contributed by atoms with Crippen LogP contribution in [0.2, 0.25) is 0 Å². The fourth-order valence-electron chi connectivity index (χ4n) is 3.05. The Kier molecular flexibility index (Phi) is 6.41. The number of sulfonamides is 1. The molecule has 2 heterocycles. The summed E-state index contributed by atoms with van der Waals surface area (Å²) in [6, 6.07) is 9.30. The van der Waals surface area contributed by atoms with E-state index in [4.69, 9.17) is 0 Å². The summed E-state index contributed by atoms with van der Waals surface area (Å²) in [5.41, 5.74) is 1.34. The van der Waals surface area contributed by atoms with E-state index in [1.807, 2.05) is 12.1 Å². The highest BCUT2D eigenvalue weighted by atomic mass is 32.2. The maximum atomic E-state index is 12.9. The molecule has 0 unspecified atom stereocenters. The number of halogens is 1. The van der Waals surface area contributed by atoms with Crippen LogP contribution in [0, 0.1) is 5.82 Å². The zero-order valence-electron chi connectivity index (χ0n) is 15.4. The van der Waals surface area contributed by atoms with Crippen LogP contribution in [0.15, 0.2) is 42.6 Å². The summed E-state index contributed by atoms with van der Waals surface area (Å²) < 4.78 is 39.9. The summed E-state index contributed by atoms with van der Waals surface area (Å²) in [5.74, 6) is 0.357. The Morgan fingerprint density at radius 2 is 1.70 bits per heavy atom. The molecular formula is C19H25FN4O2S. The van der Waals surface area contributed by atoms with Crippen molar-refractivity contribution in [2.45, 2.75) is 19.2 Å². The predicted octanol–water partition coefficient (Wildman–Crippen LogP) is 1.98. The number of piperazine rings is 1. The van der Waals surface area contributed by atoms with E-state index >= 15 is 0 Å². The van der Waals surface area contributed by atoms with E-state index < -0.39 is 10.0 Å². The fraction of sp³-hybridized carbons (Fsp3) is 0.421. The lowest BCUT2D eigenvalue weighted by Gasteiger charge is -2.34. The van der Waals surface area contributed by atoms with Crippen molar-refractivity contribution in [3.8, 4) is 0 Å². The molecule has 1 aliphatic rings. The average molecular weight is 393 g/mol. The molecule has 1 N–H and O–H groups in total. The lowest BCUT2D eigenvalue weighted by atomic mass is 10.2. The first kappa shape index (κ1) is 19.7. The number of hydrogen-bond donors (Lipinski definition) is 1. The van der Waals surface area contributed by atoms with Crippen LogP contribution in [0.3, 0.4) is 0 Å². The Bertz CT molecular complexity index is 833. The van der Waals surface area contributed by atoms with E-state index in [0.29, 0.717) is 5.56 Å². The van der Waals surface area contributed by atoms with Crippen molar-refractivity contribution >= 4 is 15.8 Å². The van der Waals surface area contributed by atoms with E-state index in [9.17, 15) is 12.8 Å². The van der Waals surface area contributed by atoms with Crippen LogP contribution in [0.1, 0.15) is 18.1 Å². The molecule has 1 aromatic heterocycles. The molecule has 0 bridgehead atoms. The van der Waals surface area contributed by atoms with Gasteiger partial charge in [-0.3, -0.25) is 0 Å². The molecule has 1 saturated heterocycles. The number of hydrogen-bond acceptors (Lipinski definition) is 5. The van der Waals surface area contributed by atoms with E-state index in [2.05, 4.69) is 26.4 Å². The molecule has 3 rings (SSSR count). The zero-order chi connectivity index (χ0) is 19.3. The first-order valence-corrected chi connectivity index (χ1v) is 10.7. The van der Waals surface area contributed by atoms with Gasteiger partial charge in [0.1, 0.15) is 11.6 Å². The molecule has 0 aliphatic carbocycles. The molecule has 27 heavy (non-hydrogen) atoms. The van der Waals surface area contributed by atoms with Gasteiger partial charge < -0.3 is 9.80 Å². The Labute approximate surface area is 160 Å². The maximum Gasteiger partial charge on any atom is 0.216 e. The molecule has 1 fully saturated rings. The lowest BCUT2D eigenvalue weighted by molar-refractivity contribution is 0.270. The quantitative estimate of drug-likeness (QED) is 0.781. The van der Waals surface area contributed by atoms with Gasteiger partial charge in [0.2, 0.25) is 10.0 Å². The van der Waals surface area contributed by atoms with E-state index in [-0.39, 0.29) is 18.1 Å². The van der Waals surface area contributed by atoms with Gasteiger partial charge in [-0.2, -0.15) is 0 Å². The molecule has 0 atom stereocenters. The minimum absolute atomic E-state index is 0.180. The highest BCUT2D eigenvalue weighted by Crippen LogP contribution is 2.14. The molecule has 0 amide bonds. The molecule has 6 nitrogen and oxygen atoms in total. The Morgan fingerprint density at radius 3 is 2.30 bits per heavy atom. The summed E-state index contributed by atoms with van der Waals surface area (Å²) >= 11 is 0. The second-order valence-corrected chi connectivity index (χ2v) is 8.46. The topological polar surface area (TPSA) is 65.5 Å². The Morgan fingerprint density at radius 1 is 1.04 bits per heavy atom. The summed E-state index contributed by atoms with van der Waals surface area (Å²) in [4.78, 5) is 9.13. The Hall–Kier alpha value is -2.03. The summed E-state index contributed by atoms with van der Waals surface area (Å²) in [7, 11) is -3.50. The van der Waals surface area contributed by atoms with Gasteiger partial charge in [0.25, 0.3) is 0 Å². The number of nitrogens with one attached hydrogen (secondary N) is 1. The van der Waals surface area contributed by atoms with Gasteiger partial charge in [-0.15, -0.1) is 0 Å². The van der Waals surface area contributed by atoms with Crippen molar-refractivity contribution < 1.29 is 12.8 Å². The molecule has 0 spiro atoms. The van der Waals surface area contributed by atoms with Gasteiger partial charge in [0.05, 0.1) is 5.75 Å². The van der Waals surface area contributed by atoms with Crippen LogP contribution in [0.5, 0.6) is 0 Å². The van der Waals surface area contributed by atoms with Crippen molar-refractivity contribution in [3.05, 3.63) is 59.5 Å². The highest BCUT2D eigenvalue weighted by molar-refractivity contribution is 7.88. The number of anilines is 1. The van der Waals surface area contributed by atoms with Crippen LogP contribution >= 0.6 is 0 Å². The third-order valence-corrected chi connectivity index (χ3v) is 6.02. The molecule has 0 saturated carbocycles. The molecule has 1 aromatic carbocycles. The van der Waals surface area contributed by atoms with Crippen LogP contribution in [0.25, 0.3) is 0 Å². The number of pyridine rings is 1. The summed E-state index contributed by atoms with van der Waals surface area (Å²) in [6.45, 7) is 7.37. The van der Waals surface area contributed by atoms with Gasteiger partial charge in [-0.1, -0.05) is 25.1 Å². The van der Waals surface area contributed by atoms with Crippen LogP contribution in [-0.2, 0) is 22.3 Å². The average Bonchev–Trinajstić information content (AvgIpc) is 2.69. The van der Waals surface area contributed by atoms with Gasteiger partial charge in [-0.25, -0.2) is 22.5 Å². The third kappa shape index (κ3) is 5.72. The predicted molar refractivity (Wildman–Crippen MR) is 104 cm³/mol. The molecule has 1 aliphatic heterocycles. The lowest BCUT2D eigenvalue weighted by Crippen LogP contribution is -2.46. The van der Waals surface area contributed by atoms with Crippen molar-refractivity contribution in [2.24, 2.45) is 0 Å². The summed E-state index contributed by atoms with van der Waals surface area (Å²) in [5, 5.41) is 0. The number of likely N-dealkylation sites (N-methyl/N-ethyl adjacent to an activating group) is 1. The van der Waals surface area contributed by atoms with E-state index in [0.717, 1.165) is 44.1 Å². The number of nitrogens with zero attached hydrogens (tertiary/aromatic N) is 3. The van der Waals surface area contributed by atoms with Crippen molar-refractivity contribution in [2.75, 3.05) is 37.6 Å². The van der Waals surface area contributed by atoms with E-state index in [1.165, 1.54) is 24.3 Å². The van der Waals surface area contributed by atoms with E-state index in [1.54, 1.807) is 6.20 Å². The fourth-order valence-corrected chi connectivity index (χ4v) is 4.17. The van der Waals surface area contributed by atoms with Crippen LogP contribution in [0.4, 0.5) is 10.2 Å². The second kappa shape index (κ2) is 8.77. The largest absolute Gasteiger partial charge is 0.354 e. The number of rotatable bonds is 7. The smallest absolute Gasteiger partial charge is 0.216 e. The van der Waals surface area contributed by atoms with Crippen molar-refractivity contribution in [1.82, 2.24) is 14.6 Å². The standard InChI is InChI=1S/C19H25FN4O2S/c1-2-23-9-11-24(12-10-23)19-8-5-17(13-21-19)14-22-27(25,26)15-16-3-6-18(20)7-4-16/h3-8,13,22H,2,9-12,14-15H2,1H3. The van der Waals surface area contributed by atoms with Crippen molar-refractivity contribution in [3.63, 3.8) is 0 Å². The molecular weight excluding hydrogens is 367 g/mol. The molecule has 146 valence electrons. The normalized spacial score (nSPS) is 15.9. The molecule has 8 heteroatoms. The monoisotopic (exact) mass is 392 g/mol. The van der Waals surface area contributed by atoms with Gasteiger partial charge >= 0.3 is 0 Å². The second-order valence-electron chi connectivity index (χ2n) is 6.65. The SMILES string of the molecule is CCN1CCN(c2ccc(CNS(=O)(=O)Cc3ccc(F)cc3)cn2)CC1. The minimum Gasteiger partial charge on any atom is -0.354 e. The first-order valence-electron chi connectivity index (χ1n) is 9.09. The third-order valence-electron chi connectivity index (χ3n) is 4.72. The van der Waals surface area contributed by atoms with Crippen molar-refractivity contribution in [1.29, 1.82) is 0 Å². The molecule has 0 radical (unpaired) electrons. The van der Waals surface area contributed by atoms with Crippen LogP contribution in [-0.4, -0.2) is 51.0 Å². The van der Waals surface area contributed by atoms with Crippen LogP contribution < -0.4 is 9.62 Å². The van der Waals surface area contributed by atoms with Gasteiger partial charge in [-0.05, 0) is 35.9 Å². The van der Waals surface area contributed by atoms with Gasteiger partial charge in [0.15, 0.2) is 0 Å². The molecule has 2 aromatic rings. The zero-order valence-corrected chi connectivity index (χ0v) is 16.3. The minimum atomic E-state index is -3.50. The maximum absolute atomic E-state index is 12.9. The highest BCUT2D eigenvalue weighted by Gasteiger charge is 2.17.